The topological polar surface area (TPSA) is 108 Å². The van der Waals surface area contributed by atoms with E-state index < -0.39 is 0 Å². The third-order valence-electron chi connectivity index (χ3n) is 15.0. The molecule has 0 bridgehead atoms. The maximum Gasteiger partial charge on any atom is 0.305 e. The molecule has 0 heterocycles. The number of aliphatic hydroxyl groups is 1. The van der Waals surface area contributed by atoms with Gasteiger partial charge in [-0.25, -0.2) is 0 Å². The zero-order chi connectivity index (χ0) is 50.8. The molecule has 0 saturated heterocycles. The first-order chi connectivity index (χ1) is 34.4. The van der Waals surface area contributed by atoms with Crippen LogP contribution in [0.15, 0.2) is 25.3 Å². The molecule has 1 aliphatic carbocycles. The first kappa shape index (κ1) is 65.8. The maximum absolute atomic E-state index is 12.9. The first-order valence-electron chi connectivity index (χ1n) is 30.2. The predicted molar refractivity (Wildman–Crippen MR) is 297 cm³/mol. The summed E-state index contributed by atoms with van der Waals surface area (Å²) in [4.78, 5) is 43.6. The molecule has 0 aromatic rings. The lowest BCUT2D eigenvalue weighted by atomic mass is 9.93. The molecule has 9 nitrogen and oxygen atoms in total. The third kappa shape index (κ3) is 41.3. The molecule has 0 aromatic heterocycles. The number of esters is 2. The third-order valence-corrected chi connectivity index (χ3v) is 15.0. The van der Waals surface area contributed by atoms with Crippen LogP contribution in [-0.4, -0.2) is 97.9 Å². The number of unbranched alkanes of at least 4 members (excludes halogenated alkanes) is 23. The zero-order valence-corrected chi connectivity index (χ0v) is 46.3. The molecule has 1 amide bonds. The number of aliphatic hydroxyl groups excluding tert-OH is 1. The average molecular weight is 987 g/mol. The Balaban J connectivity index is 2.63. The van der Waals surface area contributed by atoms with Crippen LogP contribution >= 0.6 is 0 Å². The van der Waals surface area contributed by atoms with Crippen LogP contribution in [0.5, 0.6) is 0 Å². The van der Waals surface area contributed by atoms with Crippen LogP contribution in [0.4, 0.5) is 0 Å². The highest BCUT2D eigenvalue weighted by Gasteiger charge is 2.22. The minimum Gasteiger partial charge on any atom is -0.465 e. The van der Waals surface area contributed by atoms with Crippen molar-refractivity contribution in [2.24, 2.45) is 11.8 Å². The molecule has 1 fully saturated rings. The summed E-state index contributed by atoms with van der Waals surface area (Å²) in [5, 5.41) is 13.3. The fraction of sp³-hybridized carbons (Fsp3) is 0.885. The van der Waals surface area contributed by atoms with E-state index >= 15 is 0 Å². The number of hydrogen-bond donors (Lipinski definition) is 2. The fourth-order valence-electron chi connectivity index (χ4n) is 10.3. The van der Waals surface area contributed by atoms with Crippen molar-refractivity contribution in [1.82, 2.24) is 15.1 Å². The van der Waals surface area contributed by atoms with E-state index in [0.29, 0.717) is 51.0 Å². The number of nitrogens with zero attached hydrogens (tertiary/aromatic N) is 2. The van der Waals surface area contributed by atoms with Crippen LogP contribution in [0.1, 0.15) is 271 Å². The van der Waals surface area contributed by atoms with Crippen molar-refractivity contribution >= 4 is 17.8 Å². The van der Waals surface area contributed by atoms with Gasteiger partial charge < -0.3 is 19.9 Å². The van der Waals surface area contributed by atoms with Crippen molar-refractivity contribution in [3.63, 3.8) is 0 Å². The molecule has 0 aromatic carbocycles. The van der Waals surface area contributed by atoms with Gasteiger partial charge in [-0.2, -0.15) is 0 Å². The highest BCUT2D eigenvalue weighted by Crippen LogP contribution is 2.24. The summed E-state index contributed by atoms with van der Waals surface area (Å²) >= 11 is 0. The molecule has 2 N–H and O–H groups in total. The molecule has 1 rings (SSSR count). The summed E-state index contributed by atoms with van der Waals surface area (Å²) in [5.41, 5.74) is 0. The van der Waals surface area contributed by atoms with Crippen LogP contribution in [0.3, 0.4) is 0 Å². The second-order valence-corrected chi connectivity index (χ2v) is 21.4. The number of allylic oxidation sites excluding steroid dienone is 2. The van der Waals surface area contributed by atoms with Crippen molar-refractivity contribution in [3.05, 3.63) is 25.3 Å². The number of amides is 1. The summed E-state index contributed by atoms with van der Waals surface area (Å²) in [6, 6.07) is 0.599. The van der Waals surface area contributed by atoms with Gasteiger partial charge in [0.15, 0.2) is 0 Å². The summed E-state index contributed by atoms with van der Waals surface area (Å²) in [7, 11) is 0. The van der Waals surface area contributed by atoms with Gasteiger partial charge in [0.05, 0.1) is 19.8 Å². The van der Waals surface area contributed by atoms with Crippen molar-refractivity contribution in [1.29, 1.82) is 0 Å². The molecule has 1 aliphatic rings. The van der Waals surface area contributed by atoms with Gasteiger partial charge in [0, 0.05) is 57.4 Å². The Labute approximate surface area is 433 Å². The van der Waals surface area contributed by atoms with Crippen molar-refractivity contribution in [3.8, 4) is 0 Å². The number of hydrogen-bond acceptors (Lipinski definition) is 8. The van der Waals surface area contributed by atoms with E-state index in [4.69, 9.17) is 9.47 Å². The van der Waals surface area contributed by atoms with Gasteiger partial charge in [-0.3, -0.25) is 24.2 Å². The number of ether oxygens (including phenoxy) is 2. The number of carbonyl (C=O) groups is 3. The molecule has 1 atom stereocenters. The molecule has 70 heavy (non-hydrogen) atoms. The quantitative estimate of drug-likeness (QED) is 0.0352. The monoisotopic (exact) mass is 986 g/mol. The Morgan fingerprint density at radius 2 is 0.986 bits per heavy atom. The van der Waals surface area contributed by atoms with Gasteiger partial charge in [0.25, 0.3) is 0 Å². The van der Waals surface area contributed by atoms with Crippen molar-refractivity contribution < 1.29 is 29.0 Å². The van der Waals surface area contributed by atoms with E-state index in [0.717, 1.165) is 123 Å². The molecule has 1 saturated carbocycles. The van der Waals surface area contributed by atoms with Crippen LogP contribution in [0.2, 0.25) is 0 Å². The molecule has 9 heteroatoms. The van der Waals surface area contributed by atoms with E-state index in [1.807, 2.05) is 12.2 Å². The zero-order valence-electron chi connectivity index (χ0n) is 46.3. The van der Waals surface area contributed by atoms with E-state index in [1.165, 1.54) is 148 Å². The average Bonchev–Trinajstić information content (AvgIpc) is 3.37. The van der Waals surface area contributed by atoms with Crippen molar-refractivity contribution in [2.75, 3.05) is 59.1 Å². The lowest BCUT2D eigenvalue weighted by molar-refractivity contribution is -0.149. The minimum atomic E-state index is -0.136. The number of carbonyl (C=O) groups excluding carboxylic acids is 3. The second kappa shape index (κ2) is 50.3. The van der Waals surface area contributed by atoms with Crippen LogP contribution < -0.4 is 5.32 Å². The molecule has 410 valence electrons. The van der Waals surface area contributed by atoms with Crippen LogP contribution in [0, 0.1) is 11.8 Å². The van der Waals surface area contributed by atoms with Gasteiger partial charge in [0.2, 0.25) is 5.91 Å². The molecule has 0 spiro atoms. The Kier molecular flexibility index (Phi) is 47.3. The van der Waals surface area contributed by atoms with E-state index in [2.05, 4.69) is 42.1 Å². The minimum absolute atomic E-state index is 0.00372. The van der Waals surface area contributed by atoms with E-state index in [1.54, 1.807) is 0 Å². The highest BCUT2D eigenvalue weighted by atomic mass is 16.5. The van der Waals surface area contributed by atoms with Crippen molar-refractivity contribution in [2.45, 2.75) is 277 Å². The SMILES string of the molecule is C=CCCCCCCCCC(=O)OCC(CCCCN(CCN(CCO)CCCCCC(=O)NCC(CCCCCC)CCCCCCCC)C1CCCCC1)COC(=O)CCCCCCCCC=C. The molecule has 1 unspecified atom stereocenters. The Hall–Kier alpha value is -2.23. The highest BCUT2D eigenvalue weighted by molar-refractivity contribution is 5.75. The summed E-state index contributed by atoms with van der Waals surface area (Å²) in [5.74, 6) is 0.552. The normalized spacial score (nSPS) is 13.6. The number of rotatable bonds is 53. The molecule has 0 radical (unpaired) electrons. The summed E-state index contributed by atoms with van der Waals surface area (Å²) in [6.07, 6.45) is 48.9. The maximum atomic E-state index is 12.9. The van der Waals surface area contributed by atoms with Gasteiger partial charge in [-0.05, 0) is 109 Å². The second-order valence-electron chi connectivity index (χ2n) is 21.4. The Bertz CT molecular complexity index is 1170. The molecular weight excluding hydrogens is 871 g/mol. The molecule has 0 aliphatic heterocycles. The largest absolute Gasteiger partial charge is 0.465 e. The van der Waals surface area contributed by atoms with Gasteiger partial charge >= 0.3 is 11.9 Å². The van der Waals surface area contributed by atoms with Gasteiger partial charge in [-0.15, -0.1) is 13.2 Å². The van der Waals surface area contributed by atoms with Gasteiger partial charge in [0.1, 0.15) is 0 Å². The fourth-order valence-corrected chi connectivity index (χ4v) is 10.3. The Morgan fingerprint density at radius 1 is 0.529 bits per heavy atom. The Morgan fingerprint density at radius 3 is 1.54 bits per heavy atom. The van der Waals surface area contributed by atoms with E-state index in [9.17, 15) is 19.5 Å². The van der Waals surface area contributed by atoms with Crippen LogP contribution in [-0.2, 0) is 23.9 Å². The lowest BCUT2D eigenvalue weighted by Gasteiger charge is -2.36. The standard InChI is InChI=1S/C61H115N3O6/c1-5-9-13-17-20-22-25-34-45-60(67)69-54-57(55-70-61(68)46-35-26-23-21-18-14-10-6-2)41-36-38-48-64(58-42-31-27-32-43-58)50-49-63(51-52-65)47-37-28-33-44-59(66)62-53-56(39-29-16-12-8-4)40-30-24-19-15-11-7-3/h5-6,56-58,65H,1-2,7-55H2,3-4H3,(H,62,66). The lowest BCUT2D eigenvalue weighted by Crippen LogP contribution is -2.43. The molecular formula is C61H115N3O6. The van der Waals surface area contributed by atoms with E-state index in [-0.39, 0.29) is 30.4 Å². The smallest absolute Gasteiger partial charge is 0.305 e. The first-order valence-corrected chi connectivity index (χ1v) is 30.2. The predicted octanol–water partition coefficient (Wildman–Crippen LogP) is 15.4. The number of nitrogens with one attached hydrogen (secondary N) is 1. The van der Waals surface area contributed by atoms with Crippen LogP contribution in [0.25, 0.3) is 0 Å². The summed E-state index contributed by atoms with van der Waals surface area (Å²) in [6.45, 7) is 18.4. The summed E-state index contributed by atoms with van der Waals surface area (Å²) < 4.78 is 11.7. The van der Waals surface area contributed by atoms with Gasteiger partial charge in [-0.1, -0.05) is 174 Å².